The number of halogens is 1. The van der Waals surface area contributed by atoms with Crippen molar-refractivity contribution in [3.8, 4) is 12.1 Å². The minimum atomic E-state index is -0.723. The van der Waals surface area contributed by atoms with Gasteiger partial charge in [-0.25, -0.2) is 4.39 Å². The predicted molar refractivity (Wildman–Crippen MR) is 45.8 cm³/mol. The Balaban J connectivity index is 3.37. The molecule has 0 N–H and O–H groups in total. The average Bonchev–Trinajstić information content (AvgIpc) is 2.21. The third-order valence-electron chi connectivity index (χ3n) is 1.70. The first-order valence-electron chi connectivity index (χ1n) is 3.77. The minimum Gasteiger partial charge on any atom is -0.298 e. The van der Waals surface area contributed by atoms with Gasteiger partial charge in [-0.1, -0.05) is 0 Å². The quantitative estimate of drug-likeness (QED) is 0.661. The van der Waals surface area contributed by atoms with Crippen molar-refractivity contribution >= 4 is 6.29 Å². The summed E-state index contributed by atoms with van der Waals surface area (Å²) >= 11 is 0. The van der Waals surface area contributed by atoms with Gasteiger partial charge >= 0.3 is 0 Å². The minimum absolute atomic E-state index is 0.0775. The number of nitrogens with zero attached hydrogens (tertiary/aromatic N) is 2. The van der Waals surface area contributed by atoms with Crippen molar-refractivity contribution in [2.24, 2.45) is 0 Å². The molecule has 0 aliphatic carbocycles. The van der Waals surface area contributed by atoms with Gasteiger partial charge in [-0.2, -0.15) is 10.5 Å². The highest BCUT2D eigenvalue weighted by atomic mass is 19.1. The molecule has 0 spiro atoms. The first-order chi connectivity index (χ1) is 6.72. The van der Waals surface area contributed by atoms with E-state index in [-0.39, 0.29) is 23.1 Å². The van der Waals surface area contributed by atoms with Crippen LogP contribution < -0.4 is 0 Å². The molecule has 0 saturated heterocycles. The first kappa shape index (κ1) is 9.88. The largest absolute Gasteiger partial charge is 0.298 e. The molecule has 1 rings (SSSR count). The molecular weight excluding hydrogens is 183 g/mol. The second-order valence-electron chi connectivity index (χ2n) is 2.61. The van der Waals surface area contributed by atoms with Gasteiger partial charge < -0.3 is 0 Å². The van der Waals surface area contributed by atoms with E-state index < -0.39 is 5.82 Å². The van der Waals surface area contributed by atoms with Crippen molar-refractivity contribution in [3.63, 3.8) is 0 Å². The monoisotopic (exact) mass is 188 g/mol. The van der Waals surface area contributed by atoms with Crippen LogP contribution in [-0.2, 0) is 6.42 Å². The molecule has 0 radical (unpaired) electrons. The number of benzene rings is 1. The Hall–Kier alpha value is -2.20. The molecule has 0 bridgehead atoms. The number of rotatable bonds is 2. The second-order valence-corrected chi connectivity index (χ2v) is 2.61. The normalized spacial score (nSPS) is 8.79. The van der Waals surface area contributed by atoms with Crippen molar-refractivity contribution in [1.82, 2.24) is 0 Å². The van der Waals surface area contributed by atoms with Crippen LogP contribution in [0.2, 0.25) is 0 Å². The third-order valence-corrected chi connectivity index (χ3v) is 1.70. The summed E-state index contributed by atoms with van der Waals surface area (Å²) < 4.78 is 13.3. The lowest BCUT2D eigenvalue weighted by Crippen LogP contribution is -1.96. The van der Waals surface area contributed by atoms with Crippen LogP contribution >= 0.6 is 0 Å². The van der Waals surface area contributed by atoms with E-state index in [4.69, 9.17) is 10.5 Å². The Morgan fingerprint density at radius 2 is 2.14 bits per heavy atom. The fourth-order valence-corrected chi connectivity index (χ4v) is 1.07. The fraction of sp³-hybridized carbons (Fsp3) is 0.100. The lowest BCUT2D eigenvalue weighted by atomic mass is 10.0. The number of aldehydes is 1. The second kappa shape index (κ2) is 4.15. The van der Waals surface area contributed by atoms with Gasteiger partial charge in [-0.3, -0.25) is 4.79 Å². The summed E-state index contributed by atoms with van der Waals surface area (Å²) in [7, 11) is 0. The van der Waals surface area contributed by atoms with Crippen LogP contribution in [0.4, 0.5) is 4.39 Å². The topological polar surface area (TPSA) is 64.7 Å². The molecule has 0 fully saturated rings. The lowest BCUT2D eigenvalue weighted by molar-refractivity contribution is 0.112. The van der Waals surface area contributed by atoms with E-state index >= 15 is 0 Å². The number of carbonyl (C=O) groups excluding carboxylic acids is 1. The highest BCUT2D eigenvalue weighted by molar-refractivity contribution is 5.76. The molecule has 0 aliphatic rings. The van der Waals surface area contributed by atoms with E-state index in [1.807, 2.05) is 0 Å². The molecule has 1 aromatic carbocycles. The van der Waals surface area contributed by atoms with Crippen LogP contribution in [0.25, 0.3) is 0 Å². The Labute approximate surface area is 80.0 Å². The van der Waals surface area contributed by atoms with Crippen molar-refractivity contribution < 1.29 is 9.18 Å². The first-order valence-corrected chi connectivity index (χ1v) is 3.77. The Morgan fingerprint density at radius 1 is 1.43 bits per heavy atom. The highest BCUT2D eigenvalue weighted by Gasteiger charge is 2.09. The zero-order valence-corrected chi connectivity index (χ0v) is 7.12. The fourth-order valence-electron chi connectivity index (χ4n) is 1.07. The van der Waals surface area contributed by atoms with Crippen LogP contribution in [0, 0.1) is 28.5 Å². The van der Waals surface area contributed by atoms with Gasteiger partial charge in [0.2, 0.25) is 0 Å². The smallest absolute Gasteiger partial charge is 0.150 e. The molecule has 0 heterocycles. The van der Waals surface area contributed by atoms with E-state index in [1.54, 1.807) is 12.1 Å². The van der Waals surface area contributed by atoms with E-state index in [2.05, 4.69) is 0 Å². The van der Waals surface area contributed by atoms with Gasteiger partial charge in [0.25, 0.3) is 0 Å². The zero-order chi connectivity index (χ0) is 10.6. The van der Waals surface area contributed by atoms with Crippen LogP contribution in [-0.4, -0.2) is 6.29 Å². The van der Waals surface area contributed by atoms with E-state index in [0.717, 1.165) is 6.07 Å². The van der Waals surface area contributed by atoms with Gasteiger partial charge in [0.05, 0.1) is 18.1 Å². The summed E-state index contributed by atoms with van der Waals surface area (Å²) in [6.45, 7) is 0. The maximum absolute atomic E-state index is 13.3. The van der Waals surface area contributed by atoms with Crippen molar-refractivity contribution in [3.05, 3.63) is 34.6 Å². The maximum atomic E-state index is 13.3. The Kier molecular flexibility index (Phi) is 2.93. The number of hydrogen-bond acceptors (Lipinski definition) is 3. The van der Waals surface area contributed by atoms with Gasteiger partial charge in [0, 0.05) is 11.1 Å². The Morgan fingerprint density at radius 3 is 2.64 bits per heavy atom. The summed E-state index contributed by atoms with van der Waals surface area (Å²) in [5.41, 5.74) is 0.0710. The number of carbonyl (C=O) groups is 1. The van der Waals surface area contributed by atoms with Gasteiger partial charge in [0.1, 0.15) is 18.2 Å². The molecule has 0 saturated carbocycles. The van der Waals surface area contributed by atoms with Gasteiger partial charge in [-0.15, -0.1) is 0 Å². The van der Waals surface area contributed by atoms with E-state index in [0.29, 0.717) is 6.29 Å². The maximum Gasteiger partial charge on any atom is 0.150 e. The van der Waals surface area contributed by atoms with Crippen LogP contribution in [0.1, 0.15) is 21.5 Å². The molecule has 4 heteroatoms. The van der Waals surface area contributed by atoms with Crippen molar-refractivity contribution in [2.75, 3.05) is 0 Å². The molecule has 0 aliphatic heterocycles. The summed E-state index contributed by atoms with van der Waals surface area (Å²) in [5, 5.41) is 16.9. The molecule has 0 amide bonds. The lowest BCUT2D eigenvalue weighted by Gasteiger charge is -2.01. The summed E-state index contributed by atoms with van der Waals surface area (Å²) in [6, 6.07) is 5.81. The molecule has 1 aromatic rings. The highest BCUT2D eigenvalue weighted by Crippen LogP contribution is 2.15. The third kappa shape index (κ3) is 1.75. The molecule has 68 valence electrons. The molecule has 0 atom stereocenters. The van der Waals surface area contributed by atoms with E-state index in [9.17, 15) is 9.18 Å². The summed E-state index contributed by atoms with van der Waals surface area (Å²) in [4.78, 5) is 10.4. The standard InChI is InChI=1S/C10H5FN2O/c11-10-8(1-2-12)3-7(6-14)4-9(10)5-13/h3-4,6H,1H2. The van der Waals surface area contributed by atoms with E-state index in [1.165, 1.54) is 6.07 Å². The Bertz CT molecular complexity index is 454. The molecule has 0 unspecified atom stereocenters. The van der Waals surface area contributed by atoms with Crippen LogP contribution in [0.3, 0.4) is 0 Å². The van der Waals surface area contributed by atoms with Crippen molar-refractivity contribution in [1.29, 1.82) is 10.5 Å². The zero-order valence-electron chi connectivity index (χ0n) is 7.12. The molecule has 3 nitrogen and oxygen atoms in total. The van der Waals surface area contributed by atoms with Crippen LogP contribution in [0.5, 0.6) is 0 Å². The van der Waals surface area contributed by atoms with Gasteiger partial charge in [0.15, 0.2) is 0 Å². The molecule has 14 heavy (non-hydrogen) atoms. The number of hydrogen-bond donors (Lipinski definition) is 0. The predicted octanol–water partition coefficient (Wildman–Crippen LogP) is 1.58. The SMILES string of the molecule is N#CCc1cc(C=O)cc(C#N)c1F. The molecular formula is C10H5FN2O. The van der Waals surface area contributed by atoms with Crippen LogP contribution in [0.15, 0.2) is 12.1 Å². The average molecular weight is 188 g/mol. The number of nitriles is 2. The van der Waals surface area contributed by atoms with Crippen molar-refractivity contribution in [2.45, 2.75) is 6.42 Å². The summed E-state index contributed by atoms with van der Waals surface area (Å²) in [5.74, 6) is -0.723. The molecule has 0 aromatic heterocycles. The van der Waals surface area contributed by atoms with Gasteiger partial charge in [-0.05, 0) is 12.1 Å². The summed E-state index contributed by atoms with van der Waals surface area (Å²) in [6.07, 6.45) is 0.364.